The molecule has 0 N–H and O–H groups in total. The summed E-state index contributed by atoms with van der Waals surface area (Å²) in [6.45, 7) is 0. The van der Waals surface area contributed by atoms with Crippen molar-refractivity contribution >= 4 is 71.2 Å². The monoisotopic (exact) mass is 950 g/mol. The highest BCUT2D eigenvalue weighted by atomic mass is 15.1. The van der Waals surface area contributed by atoms with Gasteiger partial charge in [-0.1, -0.05) is 212 Å². The maximum Gasteiger partial charge on any atom is 0.0726 e. The highest BCUT2D eigenvalue weighted by molar-refractivity contribution is 6.26. The van der Waals surface area contributed by atoms with E-state index in [2.05, 4.69) is 289 Å². The van der Waals surface area contributed by atoms with Gasteiger partial charge in [-0.25, -0.2) is 0 Å². The van der Waals surface area contributed by atoms with Crippen LogP contribution in [0.3, 0.4) is 0 Å². The highest BCUT2D eigenvalue weighted by Gasteiger charge is 2.52. The zero-order valence-corrected chi connectivity index (χ0v) is 41.0. The first-order valence-electron chi connectivity index (χ1n) is 26.1. The molecule has 75 heavy (non-hydrogen) atoms. The molecule has 1 spiro atoms. The van der Waals surface area contributed by atoms with E-state index in [4.69, 9.17) is 0 Å². The largest absolute Gasteiger partial charge is 0.310 e. The van der Waals surface area contributed by atoms with E-state index in [1.54, 1.807) is 0 Å². The molecule has 0 unspecified atom stereocenters. The average Bonchev–Trinajstić information content (AvgIpc) is 4.29. The molecule has 0 saturated heterocycles. The summed E-state index contributed by atoms with van der Waals surface area (Å²) in [6, 6.07) is 104. The van der Waals surface area contributed by atoms with Gasteiger partial charge in [-0.05, 0) is 160 Å². The van der Waals surface area contributed by atoms with Crippen LogP contribution in [0.4, 0.5) is 17.1 Å². The van der Waals surface area contributed by atoms with Gasteiger partial charge in [-0.15, -0.1) is 0 Å². The molecule has 0 atom stereocenters. The van der Waals surface area contributed by atoms with Crippen LogP contribution in [0, 0.1) is 0 Å². The van der Waals surface area contributed by atoms with Crippen LogP contribution in [-0.4, -0.2) is 4.57 Å². The first-order valence-corrected chi connectivity index (χ1v) is 26.1. The van der Waals surface area contributed by atoms with Crippen LogP contribution in [0.25, 0.3) is 104 Å². The Hall–Kier alpha value is -9.76. The Kier molecular flexibility index (Phi) is 8.99. The summed E-state index contributed by atoms with van der Waals surface area (Å²) >= 11 is 0. The molecule has 0 saturated carbocycles. The van der Waals surface area contributed by atoms with Gasteiger partial charge >= 0.3 is 0 Å². The van der Waals surface area contributed by atoms with E-state index in [0.717, 1.165) is 33.9 Å². The molecule has 16 rings (SSSR count). The molecule has 0 amide bonds. The summed E-state index contributed by atoms with van der Waals surface area (Å²) in [4.78, 5) is 2.58. The first kappa shape index (κ1) is 41.8. The Morgan fingerprint density at radius 2 is 0.720 bits per heavy atom. The van der Waals surface area contributed by atoms with Crippen LogP contribution >= 0.6 is 0 Å². The van der Waals surface area contributed by atoms with Gasteiger partial charge in [0.15, 0.2) is 0 Å². The number of anilines is 3. The van der Waals surface area contributed by atoms with Crippen LogP contribution in [-0.2, 0) is 5.41 Å². The minimum Gasteiger partial charge on any atom is -0.310 e. The number of aromatic nitrogens is 1. The Labute approximate surface area is 435 Å². The first-order chi connectivity index (χ1) is 37.2. The van der Waals surface area contributed by atoms with E-state index in [-0.39, 0.29) is 0 Å². The van der Waals surface area contributed by atoms with Crippen molar-refractivity contribution in [3.63, 3.8) is 0 Å². The number of nitrogens with zero attached hydrogens (tertiary/aromatic N) is 2. The third-order valence-corrected chi connectivity index (χ3v) is 16.5. The summed E-state index contributed by atoms with van der Waals surface area (Å²) in [5.74, 6) is 0. The van der Waals surface area contributed by atoms with Crippen molar-refractivity contribution in [3.8, 4) is 50.2 Å². The molecule has 0 bridgehead atoms. The van der Waals surface area contributed by atoms with Gasteiger partial charge < -0.3 is 9.47 Å². The molecule has 2 aliphatic rings. The molecule has 0 radical (unpaired) electrons. The number of rotatable bonds is 6. The standard InChI is InChI=1S/C73H46N2/c1-3-20-47(21-4-1)48-22-19-23-49(42-48)62-45-64-60-32-13-17-36-68(60)73(66-34-15-11-30-58(66)59-31-12-16-35-67(59)73)69(64)46-72(62)74(51-38-40-57-55-28-8-7-26-53(55)54-27-9-10-29-56(54)63(57)43-51)52-39-41-71-65(44-52)61-33-14-18-37-70(61)75(71)50-24-5-2-6-25-50/h1-46H. The van der Waals surface area contributed by atoms with Gasteiger partial charge in [-0.3, -0.25) is 0 Å². The molecule has 14 aromatic rings. The number of hydrogen-bond acceptors (Lipinski definition) is 1. The minimum atomic E-state index is -0.546. The molecular weight excluding hydrogens is 905 g/mol. The van der Waals surface area contributed by atoms with Crippen molar-refractivity contribution in [2.24, 2.45) is 0 Å². The lowest BCUT2D eigenvalue weighted by Gasteiger charge is -2.33. The van der Waals surface area contributed by atoms with E-state index in [1.807, 2.05) is 0 Å². The van der Waals surface area contributed by atoms with E-state index in [0.29, 0.717) is 0 Å². The molecule has 13 aromatic carbocycles. The van der Waals surface area contributed by atoms with Gasteiger partial charge in [0.2, 0.25) is 0 Å². The van der Waals surface area contributed by atoms with Crippen molar-refractivity contribution in [1.82, 2.24) is 4.57 Å². The average molecular weight is 951 g/mol. The second kappa shape index (κ2) is 16.1. The zero-order valence-electron chi connectivity index (χ0n) is 41.0. The fourth-order valence-electron chi connectivity index (χ4n) is 13.5. The quantitative estimate of drug-likeness (QED) is 0.151. The summed E-state index contributed by atoms with van der Waals surface area (Å²) in [5.41, 5.74) is 21.3. The number of para-hydroxylation sites is 2. The lowest BCUT2D eigenvalue weighted by atomic mass is 9.70. The second-order valence-electron chi connectivity index (χ2n) is 20.3. The van der Waals surface area contributed by atoms with Crippen LogP contribution in [0.1, 0.15) is 22.3 Å². The molecule has 0 aliphatic heterocycles. The number of hydrogen-bond donors (Lipinski definition) is 0. The van der Waals surface area contributed by atoms with E-state index in [9.17, 15) is 0 Å². The third kappa shape index (κ3) is 5.97. The minimum absolute atomic E-state index is 0.546. The highest BCUT2D eigenvalue weighted by Crippen LogP contribution is 2.64. The van der Waals surface area contributed by atoms with Gasteiger partial charge in [0.05, 0.1) is 22.1 Å². The molecule has 2 nitrogen and oxygen atoms in total. The van der Waals surface area contributed by atoms with Crippen molar-refractivity contribution in [2.45, 2.75) is 5.41 Å². The predicted molar refractivity (Wildman–Crippen MR) is 315 cm³/mol. The molecule has 348 valence electrons. The maximum atomic E-state index is 2.58. The topological polar surface area (TPSA) is 8.17 Å². The SMILES string of the molecule is c1ccc(-c2cccc(-c3cc4c(cc3N(c3ccc5c6ccccc6c6ccccc6c5c3)c3ccc5c(c3)c3ccccc3n5-c3ccccc3)C3(c5ccccc5-c5ccccc53)c3ccccc3-4)c2)cc1. The van der Waals surface area contributed by atoms with Crippen molar-refractivity contribution in [1.29, 1.82) is 0 Å². The summed E-state index contributed by atoms with van der Waals surface area (Å²) in [7, 11) is 0. The molecule has 0 fully saturated rings. The van der Waals surface area contributed by atoms with Crippen LogP contribution in [0.15, 0.2) is 279 Å². The second-order valence-corrected chi connectivity index (χ2v) is 20.3. The zero-order chi connectivity index (χ0) is 49.2. The van der Waals surface area contributed by atoms with Gasteiger partial charge in [0.25, 0.3) is 0 Å². The maximum absolute atomic E-state index is 2.58. The van der Waals surface area contributed by atoms with E-state index >= 15 is 0 Å². The fourth-order valence-corrected chi connectivity index (χ4v) is 13.5. The lowest BCUT2D eigenvalue weighted by Crippen LogP contribution is -2.26. The Bertz CT molecular complexity index is 4580. The number of fused-ring (bicyclic) bond motifs is 19. The van der Waals surface area contributed by atoms with E-state index in [1.165, 1.54) is 110 Å². The summed E-state index contributed by atoms with van der Waals surface area (Å²) in [6.07, 6.45) is 0. The smallest absolute Gasteiger partial charge is 0.0726 e. The van der Waals surface area contributed by atoms with Crippen molar-refractivity contribution in [3.05, 3.63) is 301 Å². The molecular formula is C73H46N2. The fraction of sp³-hybridized carbons (Fsp3) is 0.0137. The molecule has 1 heterocycles. The Balaban J connectivity index is 1.05. The Morgan fingerprint density at radius 1 is 0.253 bits per heavy atom. The summed E-state index contributed by atoms with van der Waals surface area (Å²) < 4.78 is 2.41. The molecule has 1 aromatic heterocycles. The predicted octanol–water partition coefficient (Wildman–Crippen LogP) is 19.4. The molecule has 2 heteroatoms. The lowest BCUT2D eigenvalue weighted by molar-refractivity contribution is 0.794. The van der Waals surface area contributed by atoms with Gasteiger partial charge in [0.1, 0.15) is 0 Å². The number of benzene rings is 13. The Morgan fingerprint density at radius 3 is 1.37 bits per heavy atom. The van der Waals surface area contributed by atoms with Crippen LogP contribution in [0.5, 0.6) is 0 Å². The van der Waals surface area contributed by atoms with Crippen LogP contribution < -0.4 is 4.90 Å². The van der Waals surface area contributed by atoms with Crippen LogP contribution in [0.2, 0.25) is 0 Å². The summed E-state index contributed by atoms with van der Waals surface area (Å²) in [5, 5.41) is 9.91. The van der Waals surface area contributed by atoms with Crippen molar-refractivity contribution in [2.75, 3.05) is 4.90 Å². The van der Waals surface area contributed by atoms with Crippen molar-refractivity contribution < 1.29 is 0 Å². The van der Waals surface area contributed by atoms with E-state index < -0.39 is 5.41 Å². The third-order valence-electron chi connectivity index (χ3n) is 16.5. The van der Waals surface area contributed by atoms with Gasteiger partial charge in [0, 0.05) is 33.4 Å². The normalized spacial score (nSPS) is 12.9. The van der Waals surface area contributed by atoms with Gasteiger partial charge in [-0.2, -0.15) is 0 Å². The molecule has 2 aliphatic carbocycles.